The molecule has 2 aromatic carbocycles. The van der Waals surface area contributed by atoms with Crippen LogP contribution in [0.1, 0.15) is 46.9 Å². The third-order valence-corrected chi connectivity index (χ3v) is 7.38. The van der Waals surface area contributed by atoms with Crippen molar-refractivity contribution >= 4 is 17.9 Å². The molecule has 2 aliphatic heterocycles. The van der Waals surface area contributed by atoms with E-state index in [0.717, 1.165) is 23.3 Å². The number of aryl methyl sites for hydroxylation is 1. The molecule has 11 heteroatoms. The SMILES string of the molecule is CCOC(=O)C1=C(CN2CCN(C(=O)c3ccc(C(F)(F)F)cc3)[C@@H](C)C2)N(C)C(=O)N[C@H]1c1ccccc1C. The molecule has 4 rings (SSSR count). The Kier molecular flexibility index (Phi) is 8.53. The predicted octanol–water partition coefficient (Wildman–Crippen LogP) is 4.37. The van der Waals surface area contributed by atoms with Crippen LogP contribution >= 0.6 is 0 Å². The summed E-state index contributed by atoms with van der Waals surface area (Å²) < 4.78 is 44.2. The number of benzene rings is 2. The van der Waals surface area contributed by atoms with E-state index in [2.05, 4.69) is 10.2 Å². The fourth-order valence-corrected chi connectivity index (χ4v) is 5.20. The summed E-state index contributed by atoms with van der Waals surface area (Å²) in [6, 6.07) is 10.4. The molecule has 1 fully saturated rings. The maximum absolute atomic E-state index is 13.2. The van der Waals surface area contributed by atoms with E-state index in [9.17, 15) is 27.6 Å². The van der Waals surface area contributed by atoms with E-state index in [-0.39, 0.29) is 36.7 Å². The zero-order chi connectivity index (χ0) is 29.2. The Morgan fingerprint density at radius 3 is 2.35 bits per heavy atom. The fourth-order valence-electron chi connectivity index (χ4n) is 5.20. The van der Waals surface area contributed by atoms with E-state index in [1.165, 1.54) is 17.0 Å². The number of carbonyl (C=O) groups is 3. The van der Waals surface area contributed by atoms with Crippen LogP contribution in [0.15, 0.2) is 59.8 Å². The van der Waals surface area contributed by atoms with Gasteiger partial charge in [-0.1, -0.05) is 24.3 Å². The Bertz CT molecular complexity index is 1310. The molecule has 2 heterocycles. The van der Waals surface area contributed by atoms with Gasteiger partial charge in [0.15, 0.2) is 0 Å². The van der Waals surface area contributed by atoms with E-state index >= 15 is 0 Å². The highest BCUT2D eigenvalue weighted by atomic mass is 19.4. The van der Waals surface area contributed by atoms with Gasteiger partial charge in [0.2, 0.25) is 0 Å². The molecule has 2 atom stereocenters. The van der Waals surface area contributed by atoms with E-state index in [0.29, 0.717) is 30.9 Å². The first-order valence-corrected chi connectivity index (χ1v) is 13.1. The summed E-state index contributed by atoms with van der Waals surface area (Å²) in [6.07, 6.45) is -4.47. The molecule has 214 valence electrons. The molecule has 0 saturated carbocycles. The lowest BCUT2D eigenvalue weighted by Gasteiger charge is -2.42. The lowest BCUT2D eigenvalue weighted by atomic mass is 9.91. The quantitative estimate of drug-likeness (QED) is 0.533. The highest BCUT2D eigenvalue weighted by molar-refractivity contribution is 5.95. The van der Waals surface area contributed by atoms with Crippen molar-refractivity contribution in [3.05, 3.63) is 82.1 Å². The van der Waals surface area contributed by atoms with Gasteiger partial charge in [-0.05, 0) is 56.2 Å². The van der Waals surface area contributed by atoms with Crippen molar-refractivity contribution in [2.24, 2.45) is 0 Å². The molecule has 3 amide bonds. The van der Waals surface area contributed by atoms with E-state index < -0.39 is 23.8 Å². The number of nitrogens with zero attached hydrogens (tertiary/aromatic N) is 3. The second-order valence-corrected chi connectivity index (χ2v) is 10.0. The normalized spacial score (nSPS) is 20.4. The summed E-state index contributed by atoms with van der Waals surface area (Å²) in [5, 5.41) is 2.93. The van der Waals surface area contributed by atoms with E-state index in [4.69, 9.17) is 4.74 Å². The number of hydrogen-bond donors (Lipinski definition) is 1. The van der Waals surface area contributed by atoms with Gasteiger partial charge in [-0.3, -0.25) is 14.6 Å². The summed E-state index contributed by atoms with van der Waals surface area (Å²) in [5.41, 5.74) is 1.97. The molecule has 0 aromatic heterocycles. The standard InChI is InChI=1S/C29H33F3N4O4/c1-5-40-27(38)24-23(34(4)28(39)33-25(24)22-9-7-6-8-18(22)2)17-35-14-15-36(19(3)16-35)26(37)20-10-12-21(13-11-20)29(30,31)32/h6-13,19,25H,5,14-17H2,1-4H3,(H,33,39)/t19-,25-/m0/s1. The second-order valence-electron chi connectivity index (χ2n) is 10.0. The van der Waals surface area contributed by atoms with Gasteiger partial charge in [-0.2, -0.15) is 13.2 Å². The van der Waals surface area contributed by atoms with E-state index in [1.54, 1.807) is 18.9 Å². The lowest BCUT2D eigenvalue weighted by molar-refractivity contribution is -0.139. The van der Waals surface area contributed by atoms with Gasteiger partial charge < -0.3 is 15.0 Å². The van der Waals surface area contributed by atoms with Gasteiger partial charge in [0.05, 0.1) is 23.8 Å². The van der Waals surface area contributed by atoms with Crippen LogP contribution in [0.3, 0.4) is 0 Å². The summed E-state index contributed by atoms with van der Waals surface area (Å²) in [6.45, 7) is 7.17. The zero-order valence-corrected chi connectivity index (χ0v) is 22.9. The smallest absolute Gasteiger partial charge is 0.416 e. The lowest BCUT2D eigenvalue weighted by Crippen LogP contribution is -2.56. The van der Waals surface area contributed by atoms with Crippen LogP contribution in [0, 0.1) is 6.92 Å². The predicted molar refractivity (Wildman–Crippen MR) is 142 cm³/mol. The number of amides is 3. The summed E-state index contributed by atoms with van der Waals surface area (Å²) >= 11 is 0. The zero-order valence-electron chi connectivity index (χ0n) is 22.9. The summed E-state index contributed by atoms with van der Waals surface area (Å²) in [4.78, 5) is 44.5. The van der Waals surface area contributed by atoms with Crippen molar-refractivity contribution in [2.75, 3.05) is 39.8 Å². The number of ether oxygens (including phenoxy) is 1. The van der Waals surface area contributed by atoms with Gasteiger partial charge in [-0.15, -0.1) is 0 Å². The van der Waals surface area contributed by atoms with Crippen molar-refractivity contribution in [3.8, 4) is 0 Å². The Labute approximate surface area is 231 Å². The molecule has 2 aliphatic rings. The first-order valence-electron chi connectivity index (χ1n) is 13.1. The van der Waals surface area contributed by atoms with Crippen molar-refractivity contribution in [3.63, 3.8) is 0 Å². The minimum absolute atomic E-state index is 0.176. The Hall–Kier alpha value is -3.86. The fraction of sp³-hybridized carbons (Fsp3) is 0.414. The molecule has 0 spiro atoms. The molecule has 1 N–H and O–H groups in total. The van der Waals surface area contributed by atoms with Crippen molar-refractivity contribution < 1.29 is 32.3 Å². The molecule has 0 unspecified atom stereocenters. The average molecular weight is 559 g/mol. The molecule has 0 bridgehead atoms. The van der Waals surface area contributed by atoms with Crippen LogP contribution in [0.5, 0.6) is 0 Å². The van der Waals surface area contributed by atoms with Crippen LogP contribution in [-0.2, 0) is 15.7 Å². The van der Waals surface area contributed by atoms with Gasteiger partial charge in [-0.25, -0.2) is 9.59 Å². The molecular weight excluding hydrogens is 525 g/mol. The molecule has 1 saturated heterocycles. The minimum Gasteiger partial charge on any atom is -0.463 e. The summed E-state index contributed by atoms with van der Waals surface area (Å²) in [5.74, 6) is -0.858. The first-order chi connectivity index (χ1) is 18.9. The van der Waals surface area contributed by atoms with Gasteiger partial charge in [0.25, 0.3) is 5.91 Å². The highest BCUT2D eigenvalue weighted by Gasteiger charge is 2.39. The number of carbonyl (C=O) groups excluding carboxylic acids is 3. The topological polar surface area (TPSA) is 82.2 Å². The largest absolute Gasteiger partial charge is 0.463 e. The Balaban J connectivity index is 1.57. The molecule has 8 nitrogen and oxygen atoms in total. The number of halogens is 3. The second kappa shape index (κ2) is 11.7. The number of rotatable bonds is 6. The Morgan fingerprint density at radius 2 is 1.75 bits per heavy atom. The first kappa shape index (κ1) is 29.1. The molecular formula is C29H33F3N4O4. The highest BCUT2D eigenvalue weighted by Crippen LogP contribution is 2.33. The van der Waals surface area contributed by atoms with Crippen LogP contribution in [0.4, 0.5) is 18.0 Å². The maximum atomic E-state index is 13.2. The third kappa shape index (κ3) is 5.99. The Morgan fingerprint density at radius 1 is 1.07 bits per heavy atom. The number of likely N-dealkylation sites (N-methyl/N-ethyl adjacent to an activating group) is 1. The van der Waals surface area contributed by atoms with Crippen molar-refractivity contribution in [1.29, 1.82) is 0 Å². The van der Waals surface area contributed by atoms with Crippen molar-refractivity contribution in [2.45, 2.75) is 39.0 Å². The van der Waals surface area contributed by atoms with Crippen LogP contribution in [0.25, 0.3) is 0 Å². The van der Waals surface area contributed by atoms with Crippen LogP contribution < -0.4 is 5.32 Å². The number of hydrogen-bond acceptors (Lipinski definition) is 5. The van der Waals surface area contributed by atoms with Gasteiger partial charge >= 0.3 is 18.2 Å². The summed E-state index contributed by atoms with van der Waals surface area (Å²) in [7, 11) is 1.60. The van der Waals surface area contributed by atoms with Crippen LogP contribution in [-0.4, -0.2) is 78.5 Å². The molecule has 2 aromatic rings. The third-order valence-electron chi connectivity index (χ3n) is 7.38. The average Bonchev–Trinajstić information content (AvgIpc) is 2.91. The number of esters is 1. The monoisotopic (exact) mass is 558 g/mol. The number of alkyl halides is 3. The number of piperazine rings is 1. The van der Waals surface area contributed by atoms with Crippen molar-refractivity contribution in [1.82, 2.24) is 20.0 Å². The van der Waals surface area contributed by atoms with Gasteiger partial charge in [0.1, 0.15) is 0 Å². The number of urea groups is 1. The van der Waals surface area contributed by atoms with E-state index in [1.807, 2.05) is 38.1 Å². The van der Waals surface area contributed by atoms with Crippen LogP contribution in [0.2, 0.25) is 0 Å². The maximum Gasteiger partial charge on any atom is 0.416 e. The molecule has 40 heavy (non-hydrogen) atoms. The molecule has 0 aliphatic carbocycles. The van der Waals surface area contributed by atoms with Gasteiger partial charge in [0, 0.05) is 50.5 Å². The number of nitrogens with one attached hydrogen (secondary N) is 1. The molecule has 0 radical (unpaired) electrons. The minimum atomic E-state index is -4.47.